The molecule has 3 rings (SSSR count). The molecule has 1 saturated carbocycles. The van der Waals surface area contributed by atoms with Crippen LogP contribution in [-0.2, 0) is 4.79 Å². The molecule has 1 fully saturated rings. The van der Waals surface area contributed by atoms with Crippen LogP contribution in [0.1, 0.15) is 6.42 Å². The number of carbonyl (C=O) groups is 1. The van der Waals surface area contributed by atoms with Crippen LogP contribution in [0.3, 0.4) is 0 Å². The molecule has 2 N–H and O–H groups in total. The third-order valence-corrected chi connectivity index (χ3v) is 4.20. The lowest BCUT2D eigenvalue weighted by molar-refractivity contribution is -0.118. The van der Waals surface area contributed by atoms with Crippen molar-refractivity contribution in [2.75, 3.05) is 17.7 Å². The van der Waals surface area contributed by atoms with Crippen LogP contribution >= 0.6 is 15.9 Å². The summed E-state index contributed by atoms with van der Waals surface area (Å²) in [4.78, 5) is 16.0. The SMILES string of the molecule is CNc1ncc(Br)c2cc(NC(=O)C3CC3C(F)F)nnc12. The van der Waals surface area contributed by atoms with Crippen LogP contribution in [0.2, 0.25) is 0 Å². The van der Waals surface area contributed by atoms with Crippen molar-refractivity contribution in [1.82, 2.24) is 15.2 Å². The van der Waals surface area contributed by atoms with Crippen LogP contribution < -0.4 is 10.6 Å². The standard InChI is InChI=1S/C13H12BrF2N5O/c1-17-12-10-7(8(14)4-18-12)3-9(20-21-10)19-13(22)6-2-5(6)11(15)16/h3-6,11H,2H2,1H3,(H,17,18)(H,19,20,22). The van der Waals surface area contributed by atoms with Crippen molar-refractivity contribution in [1.29, 1.82) is 0 Å². The number of rotatable bonds is 4. The van der Waals surface area contributed by atoms with Crippen molar-refractivity contribution in [3.63, 3.8) is 0 Å². The van der Waals surface area contributed by atoms with Crippen LogP contribution in [0.4, 0.5) is 20.4 Å². The molecule has 116 valence electrons. The fourth-order valence-corrected chi connectivity index (χ4v) is 2.66. The van der Waals surface area contributed by atoms with Crippen LogP contribution in [0.5, 0.6) is 0 Å². The Morgan fingerprint density at radius 1 is 1.45 bits per heavy atom. The Labute approximate surface area is 132 Å². The Hall–Kier alpha value is -1.90. The summed E-state index contributed by atoms with van der Waals surface area (Å²) >= 11 is 3.36. The van der Waals surface area contributed by atoms with Crippen molar-refractivity contribution >= 4 is 44.4 Å². The summed E-state index contributed by atoms with van der Waals surface area (Å²) in [6, 6.07) is 1.63. The van der Waals surface area contributed by atoms with Gasteiger partial charge in [0.05, 0.1) is 0 Å². The number of alkyl halides is 2. The normalized spacial score (nSPS) is 20.2. The maximum absolute atomic E-state index is 12.5. The number of hydrogen-bond donors (Lipinski definition) is 2. The molecule has 2 unspecified atom stereocenters. The van der Waals surface area contributed by atoms with Crippen molar-refractivity contribution in [3.8, 4) is 0 Å². The molecular formula is C13H12BrF2N5O. The number of nitrogens with one attached hydrogen (secondary N) is 2. The minimum absolute atomic E-state index is 0.210. The monoisotopic (exact) mass is 371 g/mol. The average Bonchev–Trinajstić information content (AvgIpc) is 3.29. The van der Waals surface area contributed by atoms with E-state index < -0.39 is 24.2 Å². The number of fused-ring (bicyclic) bond motifs is 1. The van der Waals surface area contributed by atoms with E-state index in [1.165, 1.54) is 0 Å². The van der Waals surface area contributed by atoms with E-state index in [0.29, 0.717) is 21.2 Å². The average molecular weight is 372 g/mol. The maximum atomic E-state index is 12.5. The molecule has 22 heavy (non-hydrogen) atoms. The van der Waals surface area contributed by atoms with Crippen LogP contribution in [-0.4, -0.2) is 34.6 Å². The first kappa shape index (κ1) is 15.0. The molecule has 2 atom stereocenters. The molecule has 2 heterocycles. The number of pyridine rings is 1. The largest absolute Gasteiger partial charge is 0.371 e. The van der Waals surface area contributed by atoms with Gasteiger partial charge in [0.25, 0.3) is 0 Å². The third kappa shape index (κ3) is 2.72. The molecule has 0 spiro atoms. The summed E-state index contributed by atoms with van der Waals surface area (Å²) in [6.45, 7) is 0. The molecule has 0 saturated heterocycles. The fourth-order valence-electron chi connectivity index (χ4n) is 2.26. The minimum Gasteiger partial charge on any atom is -0.371 e. The zero-order valence-electron chi connectivity index (χ0n) is 11.5. The molecule has 1 aliphatic carbocycles. The maximum Gasteiger partial charge on any atom is 0.242 e. The summed E-state index contributed by atoms with van der Waals surface area (Å²) in [5, 5.41) is 14.1. The molecule has 1 aliphatic rings. The van der Waals surface area contributed by atoms with Crippen molar-refractivity contribution in [3.05, 3.63) is 16.7 Å². The zero-order valence-corrected chi connectivity index (χ0v) is 13.1. The second-order valence-electron chi connectivity index (χ2n) is 5.03. The zero-order chi connectivity index (χ0) is 15.9. The van der Waals surface area contributed by atoms with Gasteiger partial charge in [0.1, 0.15) is 5.52 Å². The van der Waals surface area contributed by atoms with E-state index in [1.54, 1.807) is 19.3 Å². The van der Waals surface area contributed by atoms with Gasteiger partial charge in [0, 0.05) is 34.9 Å². The Bertz CT molecular complexity index is 742. The van der Waals surface area contributed by atoms with Gasteiger partial charge < -0.3 is 10.6 Å². The number of nitrogens with zero attached hydrogens (tertiary/aromatic N) is 3. The van der Waals surface area contributed by atoms with E-state index >= 15 is 0 Å². The first-order valence-electron chi connectivity index (χ1n) is 6.60. The van der Waals surface area contributed by atoms with Crippen molar-refractivity contribution in [2.24, 2.45) is 11.8 Å². The molecule has 6 nitrogen and oxygen atoms in total. The molecule has 1 amide bonds. The Balaban J connectivity index is 1.84. The fraction of sp³-hybridized carbons (Fsp3) is 0.385. The Morgan fingerprint density at radius 2 is 2.23 bits per heavy atom. The summed E-state index contributed by atoms with van der Waals surface area (Å²) in [6.07, 6.45) is -0.645. The minimum atomic E-state index is -2.46. The highest BCUT2D eigenvalue weighted by molar-refractivity contribution is 9.10. The van der Waals surface area contributed by atoms with Gasteiger partial charge in [-0.15, -0.1) is 10.2 Å². The predicted molar refractivity (Wildman–Crippen MR) is 80.8 cm³/mol. The molecule has 0 aromatic carbocycles. The number of carbonyl (C=O) groups excluding carboxylic acids is 1. The predicted octanol–water partition coefficient (Wildman–Crippen LogP) is 2.67. The quantitative estimate of drug-likeness (QED) is 0.863. The van der Waals surface area contributed by atoms with E-state index in [9.17, 15) is 13.6 Å². The lowest BCUT2D eigenvalue weighted by Gasteiger charge is -2.08. The van der Waals surface area contributed by atoms with Crippen LogP contribution in [0, 0.1) is 11.8 Å². The summed E-state index contributed by atoms with van der Waals surface area (Å²) < 4.78 is 25.7. The van der Waals surface area contributed by atoms with Gasteiger partial charge in [0.15, 0.2) is 11.6 Å². The number of amides is 1. The second-order valence-corrected chi connectivity index (χ2v) is 5.88. The number of hydrogen-bond acceptors (Lipinski definition) is 5. The van der Waals surface area contributed by atoms with Gasteiger partial charge in [-0.2, -0.15) is 0 Å². The highest BCUT2D eigenvalue weighted by Gasteiger charge is 2.48. The molecular weight excluding hydrogens is 360 g/mol. The summed E-state index contributed by atoms with van der Waals surface area (Å²) in [5.41, 5.74) is 0.548. The van der Waals surface area contributed by atoms with Gasteiger partial charge in [-0.3, -0.25) is 4.79 Å². The third-order valence-electron chi connectivity index (χ3n) is 3.57. The summed E-state index contributed by atoms with van der Waals surface area (Å²) in [7, 11) is 1.71. The Morgan fingerprint density at radius 3 is 2.86 bits per heavy atom. The van der Waals surface area contributed by atoms with Gasteiger partial charge >= 0.3 is 0 Å². The smallest absolute Gasteiger partial charge is 0.242 e. The highest BCUT2D eigenvalue weighted by Crippen LogP contribution is 2.43. The van der Waals surface area contributed by atoms with Crippen LogP contribution in [0.25, 0.3) is 10.9 Å². The number of aromatic nitrogens is 3. The van der Waals surface area contributed by atoms with E-state index in [0.717, 1.165) is 0 Å². The lowest BCUT2D eigenvalue weighted by atomic mass is 10.2. The molecule has 0 radical (unpaired) electrons. The number of anilines is 2. The first-order chi connectivity index (χ1) is 10.5. The van der Waals surface area contributed by atoms with Gasteiger partial charge in [-0.05, 0) is 28.4 Å². The molecule has 0 aliphatic heterocycles. The highest BCUT2D eigenvalue weighted by atomic mass is 79.9. The van der Waals surface area contributed by atoms with E-state index in [4.69, 9.17) is 0 Å². The second kappa shape index (κ2) is 5.71. The Kier molecular flexibility index (Phi) is 3.90. The van der Waals surface area contributed by atoms with Gasteiger partial charge in [-0.1, -0.05) is 0 Å². The molecule has 9 heteroatoms. The van der Waals surface area contributed by atoms with E-state index in [1.807, 2.05) is 0 Å². The van der Waals surface area contributed by atoms with Crippen LogP contribution in [0.15, 0.2) is 16.7 Å². The van der Waals surface area contributed by atoms with Crippen molar-refractivity contribution < 1.29 is 13.6 Å². The lowest BCUT2D eigenvalue weighted by Crippen LogP contribution is -2.17. The van der Waals surface area contributed by atoms with E-state index in [2.05, 4.69) is 41.7 Å². The molecule has 2 aromatic heterocycles. The first-order valence-corrected chi connectivity index (χ1v) is 7.39. The molecule has 2 aromatic rings. The topological polar surface area (TPSA) is 79.8 Å². The number of halogens is 3. The van der Waals surface area contributed by atoms with Crippen molar-refractivity contribution in [2.45, 2.75) is 12.8 Å². The summed E-state index contributed by atoms with van der Waals surface area (Å²) in [5.74, 6) is -1.15. The molecule has 0 bridgehead atoms. The van der Waals surface area contributed by atoms with Gasteiger partial charge in [0.2, 0.25) is 12.3 Å². The van der Waals surface area contributed by atoms with E-state index in [-0.39, 0.29) is 12.2 Å². The van der Waals surface area contributed by atoms with Gasteiger partial charge in [-0.25, -0.2) is 13.8 Å².